The third-order valence-corrected chi connectivity index (χ3v) is 4.92. The summed E-state index contributed by atoms with van der Waals surface area (Å²) in [6.45, 7) is 2.80. The number of ether oxygens (including phenoxy) is 1. The Morgan fingerprint density at radius 2 is 2.20 bits per heavy atom. The molecule has 112 valence electrons. The van der Waals surface area contributed by atoms with Crippen molar-refractivity contribution in [2.45, 2.75) is 82.6 Å². The lowest BCUT2D eigenvalue weighted by Gasteiger charge is -2.33. The predicted octanol–water partition coefficient (Wildman–Crippen LogP) is 3.21. The van der Waals surface area contributed by atoms with Crippen molar-refractivity contribution in [3.63, 3.8) is 0 Å². The molecule has 20 heavy (non-hydrogen) atoms. The Bertz CT molecular complexity index is 437. The molecule has 2 atom stereocenters. The van der Waals surface area contributed by atoms with Crippen LogP contribution in [0.3, 0.4) is 0 Å². The Hall–Kier alpha value is -0.870. The van der Waals surface area contributed by atoms with Crippen molar-refractivity contribution in [3.05, 3.63) is 18.0 Å². The first-order chi connectivity index (χ1) is 9.71. The molecular formula is C16H26N2O2. The first-order valence-electron chi connectivity index (χ1n) is 8.09. The van der Waals surface area contributed by atoms with Gasteiger partial charge in [-0.2, -0.15) is 5.10 Å². The fourth-order valence-corrected chi connectivity index (χ4v) is 3.68. The molecule has 2 fully saturated rings. The van der Waals surface area contributed by atoms with Gasteiger partial charge in [0.05, 0.1) is 30.6 Å². The summed E-state index contributed by atoms with van der Waals surface area (Å²) in [5.74, 6) is 0. The second-order valence-corrected chi connectivity index (χ2v) is 6.44. The zero-order valence-corrected chi connectivity index (χ0v) is 12.4. The van der Waals surface area contributed by atoms with Gasteiger partial charge in [-0.25, -0.2) is 0 Å². The number of hydrogen-bond donors (Lipinski definition) is 1. The van der Waals surface area contributed by atoms with Crippen LogP contribution in [0.25, 0.3) is 0 Å². The summed E-state index contributed by atoms with van der Waals surface area (Å²) in [6.07, 6.45) is 13.2. The molecule has 1 aliphatic carbocycles. The van der Waals surface area contributed by atoms with Crippen LogP contribution in [0.1, 0.15) is 70.0 Å². The van der Waals surface area contributed by atoms with E-state index in [1.807, 2.05) is 17.8 Å². The van der Waals surface area contributed by atoms with Gasteiger partial charge in [0.1, 0.15) is 0 Å². The highest BCUT2D eigenvalue weighted by atomic mass is 16.5. The van der Waals surface area contributed by atoms with Gasteiger partial charge in [0.2, 0.25) is 0 Å². The number of nitrogens with zero attached hydrogens (tertiary/aromatic N) is 2. The van der Waals surface area contributed by atoms with Crippen molar-refractivity contribution < 1.29 is 9.84 Å². The average Bonchev–Trinajstić information content (AvgIpc) is 3.07. The maximum Gasteiger partial charge on any atom is 0.0817 e. The zero-order chi connectivity index (χ0) is 14.0. The minimum absolute atomic E-state index is 0.182. The molecule has 1 saturated carbocycles. The minimum Gasteiger partial charge on any atom is -0.388 e. The highest BCUT2D eigenvalue weighted by molar-refractivity contribution is 5.07. The van der Waals surface area contributed by atoms with Crippen molar-refractivity contribution >= 4 is 0 Å². The van der Waals surface area contributed by atoms with Crippen molar-refractivity contribution in [1.29, 1.82) is 0 Å². The lowest BCUT2D eigenvalue weighted by atomic mass is 9.83. The van der Waals surface area contributed by atoms with E-state index < -0.39 is 6.10 Å². The lowest BCUT2D eigenvalue weighted by Crippen LogP contribution is -2.32. The summed E-state index contributed by atoms with van der Waals surface area (Å²) in [6, 6.07) is 0. The highest BCUT2D eigenvalue weighted by Gasteiger charge is 2.40. The minimum atomic E-state index is -0.391. The number of rotatable bonds is 4. The van der Waals surface area contributed by atoms with Gasteiger partial charge in [-0.15, -0.1) is 0 Å². The standard InChI is InChI=1S/C16H26N2O2/c1-2-15(19)13-10-17-18(11-13)12-14-6-9-16(20-14)7-4-3-5-8-16/h10-11,14-15,19H,2-9,12H2,1H3. The van der Waals surface area contributed by atoms with Crippen LogP contribution in [-0.2, 0) is 11.3 Å². The Morgan fingerprint density at radius 3 is 2.95 bits per heavy atom. The summed E-state index contributed by atoms with van der Waals surface area (Å²) in [4.78, 5) is 0. The van der Waals surface area contributed by atoms with Gasteiger partial charge in [-0.3, -0.25) is 4.68 Å². The van der Waals surface area contributed by atoms with E-state index >= 15 is 0 Å². The largest absolute Gasteiger partial charge is 0.388 e. The lowest BCUT2D eigenvalue weighted by molar-refractivity contribution is -0.0688. The molecule has 1 saturated heterocycles. The van der Waals surface area contributed by atoms with Crippen molar-refractivity contribution in [2.24, 2.45) is 0 Å². The molecule has 2 heterocycles. The first-order valence-corrected chi connectivity index (χ1v) is 8.09. The third-order valence-electron chi connectivity index (χ3n) is 4.92. The molecule has 2 unspecified atom stereocenters. The number of hydrogen-bond acceptors (Lipinski definition) is 3. The zero-order valence-electron chi connectivity index (χ0n) is 12.4. The van der Waals surface area contributed by atoms with Gasteiger partial charge in [-0.1, -0.05) is 26.2 Å². The number of aromatic nitrogens is 2. The van der Waals surface area contributed by atoms with E-state index in [2.05, 4.69) is 5.10 Å². The van der Waals surface area contributed by atoms with Crippen LogP contribution >= 0.6 is 0 Å². The second kappa shape index (κ2) is 5.86. The van der Waals surface area contributed by atoms with E-state index in [9.17, 15) is 5.11 Å². The first kappa shape index (κ1) is 14.1. The van der Waals surface area contributed by atoms with Crippen molar-refractivity contribution in [2.75, 3.05) is 0 Å². The van der Waals surface area contributed by atoms with Crippen molar-refractivity contribution in [3.8, 4) is 0 Å². The molecule has 1 spiro atoms. The number of aliphatic hydroxyl groups is 1. The van der Waals surface area contributed by atoms with Gasteiger partial charge >= 0.3 is 0 Å². The van der Waals surface area contributed by atoms with Crippen LogP contribution in [0.5, 0.6) is 0 Å². The Labute approximate surface area is 121 Å². The molecular weight excluding hydrogens is 252 g/mol. The molecule has 1 aromatic rings. The molecule has 0 amide bonds. The quantitative estimate of drug-likeness (QED) is 0.920. The summed E-state index contributed by atoms with van der Waals surface area (Å²) in [7, 11) is 0. The van der Waals surface area contributed by atoms with Crippen LogP contribution in [0.4, 0.5) is 0 Å². The molecule has 4 heteroatoms. The molecule has 1 aliphatic heterocycles. The molecule has 1 aromatic heterocycles. The Balaban J connectivity index is 1.57. The summed E-state index contributed by atoms with van der Waals surface area (Å²) in [5, 5.41) is 14.2. The van der Waals surface area contributed by atoms with E-state index in [0.29, 0.717) is 6.10 Å². The molecule has 2 aliphatic rings. The summed E-state index contributed by atoms with van der Waals surface area (Å²) in [5.41, 5.74) is 1.10. The van der Waals surface area contributed by atoms with Crippen LogP contribution in [0, 0.1) is 0 Å². The summed E-state index contributed by atoms with van der Waals surface area (Å²) >= 11 is 0. The Morgan fingerprint density at radius 1 is 1.40 bits per heavy atom. The van der Waals surface area contributed by atoms with Gasteiger partial charge in [0, 0.05) is 11.8 Å². The van der Waals surface area contributed by atoms with Gasteiger partial charge < -0.3 is 9.84 Å². The van der Waals surface area contributed by atoms with E-state index in [4.69, 9.17) is 4.74 Å². The molecule has 0 bridgehead atoms. The number of aliphatic hydroxyl groups excluding tert-OH is 1. The molecule has 4 nitrogen and oxygen atoms in total. The van der Waals surface area contributed by atoms with Crippen LogP contribution in [0.2, 0.25) is 0 Å². The fraction of sp³-hybridized carbons (Fsp3) is 0.812. The van der Waals surface area contributed by atoms with Crippen LogP contribution < -0.4 is 0 Å². The highest BCUT2D eigenvalue weighted by Crippen LogP contribution is 2.42. The maximum absolute atomic E-state index is 9.82. The molecule has 3 rings (SSSR count). The third kappa shape index (κ3) is 2.91. The van der Waals surface area contributed by atoms with Gasteiger partial charge in [0.15, 0.2) is 0 Å². The fourth-order valence-electron chi connectivity index (χ4n) is 3.68. The maximum atomic E-state index is 9.82. The topological polar surface area (TPSA) is 47.3 Å². The molecule has 0 aromatic carbocycles. The SMILES string of the molecule is CCC(O)c1cnn(CC2CCC3(CCCCC3)O2)c1. The smallest absolute Gasteiger partial charge is 0.0817 e. The Kier molecular flexibility index (Phi) is 4.13. The van der Waals surface area contributed by atoms with Crippen molar-refractivity contribution in [1.82, 2.24) is 9.78 Å². The monoisotopic (exact) mass is 278 g/mol. The average molecular weight is 278 g/mol. The van der Waals surface area contributed by atoms with Crippen LogP contribution in [-0.4, -0.2) is 26.6 Å². The second-order valence-electron chi connectivity index (χ2n) is 6.44. The van der Waals surface area contributed by atoms with E-state index in [0.717, 1.165) is 24.9 Å². The molecule has 0 radical (unpaired) electrons. The van der Waals surface area contributed by atoms with Crippen LogP contribution in [0.15, 0.2) is 12.4 Å². The summed E-state index contributed by atoms with van der Waals surface area (Å²) < 4.78 is 8.30. The molecule has 1 N–H and O–H groups in total. The van der Waals surface area contributed by atoms with Gasteiger partial charge in [0.25, 0.3) is 0 Å². The predicted molar refractivity (Wildman–Crippen MR) is 77.4 cm³/mol. The van der Waals surface area contributed by atoms with E-state index in [1.54, 1.807) is 6.20 Å². The van der Waals surface area contributed by atoms with Gasteiger partial charge in [-0.05, 0) is 32.1 Å². The van der Waals surface area contributed by atoms with E-state index in [1.165, 1.54) is 38.5 Å². The normalized spacial score (nSPS) is 27.0. The van der Waals surface area contributed by atoms with E-state index in [-0.39, 0.29) is 5.60 Å².